The Morgan fingerprint density at radius 1 is 1.47 bits per heavy atom. The summed E-state index contributed by atoms with van der Waals surface area (Å²) in [4.78, 5) is 14.3. The Morgan fingerprint density at radius 3 is 2.88 bits per heavy atom. The van der Waals surface area contributed by atoms with Gasteiger partial charge in [-0.2, -0.15) is 0 Å². The fourth-order valence-electron chi connectivity index (χ4n) is 1.22. The molecule has 94 valence electrons. The van der Waals surface area contributed by atoms with Gasteiger partial charge in [0.1, 0.15) is 13.0 Å². The zero-order chi connectivity index (χ0) is 12.7. The second kappa shape index (κ2) is 6.51. The topological polar surface area (TPSA) is 44.1 Å². The highest BCUT2D eigenvalue weighted by molar-refractivity contribution is 6.76. The fourth-order valence-corrected chi connectivity index (χ4v) is 1.98. The minimum atomic E-state index is -1.01. The first-order valence-corrected chi connectivity index (χ1v) is 9.43. The highest BCUT2D eigenvalue weighted by atomic mass is 28.3. The van der Waals surface area contributed by atoms with Crippen molar-refractivity contribution in [2.24, 2.45) is 0 Å². The molecule has 0 radical (unpaired) electrons. The largest absolute Gasteiger partial charge is 0.361 e. The van der Waals surface area contributed by atoms with Crippen LogP contribution in [0.3, 0.4) is 0 Å². The molecule has 0 aliphatic heterocycles. The van der Waals surface area contributed by atoms with Gasteiger partial charge in [0.05, 0.1) is 12.0 Å². The molecule has 0 aliphatic carbocycles. The molecule has 17 heavy (non-hydrogen) atoms. The van der Waals surface area contributed by atoms with Crippen molar-refractivity contribution in [1.82, 2.24) is 9.55 Å². The lowest BCUT2D eigenvalue weighted by Crippen LogP contribution is -2.21. The minimum Gasteiger partial charge on any atom is -0.361 e. The predicted molar refractivity (Wildman–Crippen MR) is 71.4 cm³/mol. The Labute approximate surface area is 103 Å². The Balaban J connectivity index is 2.30. The number of ether oxygens (including phenoxy) is 1. The van der Waals surface area contributed by atoms with Gasteiger partial charge in [0.15, 0.2) is 0 Å². The van der Waals surface area contributed by atoms with Crippen LogP contribution in [0.2, 0.25) is 25.7 Å². The molecular formula is C12H20N2O2Si. The summed E-state index contributed by atoms with van der Waals surface area (Å²) in [6, 6.07) is 1.17. The van der Waals surface area contributed by atoms with Gasteiger partial charge in [-0.15, -0.1) is 0 Å². The number of nitrogens with zero attached hydrogens (tertiary/aromatic N) is 2. The molecule has 1 aromatic rings. The normalized spacial score (nSPS) is 12.2. The average molecular weight is 252 g/mol. The van der Waals surface area contributed by atoms with E-state index in [-0.39, 0.29) is 0 Å². The molecule has 0 N–H and O–H groups in total. The van der Waals surface area contributed by atoms with Gasteiger partial charge >= 0.3 is 0 Å². The molecule has 0 bridgehead atoms. The van der Waals surface area contributed by atoms with Crippen molar-refractivity contribution >= 4 is 20.4 Å². The van der Waals surface area contributed by atoms with Crippen LogP contribution in [0, 0.1) is 0 Å². The van der Waals surface area contributed by atoms with Crippen LogP contribution in [0.4, 0.5) is 0 Å². The van der Waals surface area contributed by atoms with E-state index in [2.05, 4.69) is 24.6 Å². The minimum absolute atomic E-state index is 0.520. The monoisotopic (exact) mass is 252 g/mol. The number of hydrogen-bond acceptors (Lipinski definition) is 3. The van der Waals surface area contributed by atoms with Crippen LogP contribution < -0.4 is 0 Å². The van der Waals surface area contributed by atoms with Crippen LogP contribution in [-0.4, -0.2) is 30.5 Å². The van der Waals surface area contributed by atoms with Crippen molar-refractivity contribution < 1.29 is 9.53 Å². The van der Waals surface area contributed by atoms with Crippen molar-refractivity contribution in [3.05, 3.63) is 24.3 Å². The van der Waals surface area contributed by atoms with E-state index in [0.717, 1.165) is 18.6 Å². The molecule has 0 amide bonds. The van der Waals surface area contributed by atoms with Crippen LogP contribution in [0.15, 0.2) is 18.6 Å². The maximum atomic E-state index is 10.1. The molecule has 1 rings (SSSR count). The van der Waals surface area contributed by atoms with E-state index in [9.17, 15) is 4.79 Å². The van der Waals surface area contributed by atoms with Crippen molar-refractivity contribution in [2.75, 3.05) is 6.61 Å². The van der Waals surface area contributed by atoms with Gasteiger partial charge in [0.25, 0.3) is 0 Å². The van der Waals surface area contributed by atoms with Gasteiger partial charge < -0.3 is 9.30 Å². The highest BCUT2D eigenvalue weighted by Crippen LogP contribution is 2.08. The Kier molecular flexibility index (Phi) is 5.31. The third-order valence-electron chi connectivity index (χ3n) is 2.24. The summed E-state index contributed by atoms with van der Waals surface area (Å²) in [6.07, 6.45) is 7.40. The molecule has 0 aromatic carbocycles. The molecule has 0 saturated heterocycles. The Morgan fingerprint density at radius 2 is 2.24 bits per heavy atom. The first-order chi connectivity index (χ1) is 8.01. The lowest BCUT2D eigenvalue weighted by Gasteiger charge is -2.15. The average Bonchev–Trinajstić information content (AvgIpc) is 2.68. The SMILES string of the molecule is C[Si](C)(C)CCOCn1cnc(C=CC=O)c1. The lowest BCUT2D eigenvalue weighted by atomic mass is 10.4. The molecule has 1 aromatic heterocycles. The third-order valence-corrected chi connectivity index (χ3v) is 3.94. The van der Waals surface area contributed by atoms with Crippen LogP contribution in [-0.2, 0) is 16.3 Å². The number of rotatable bonds is 7. The van der Waals surface area contributed by atoms with Gasteiger partial charge in [-0.1, -0.05) is 19.6 Å². The smallest absolute Gasteiger partial charge is 0.142 e. The second-order valence-electron chi connectivity index (χ2n) is 5.16. The van der Waals surface area contributed by atoms with Crippen molar-refractivity contribution in [3.63, 3.8) is 0 Å². The summed E-state index contributed by atoms with van der Waals surface area (Å²) in [5, 5.41) is 0. The molecule has 5 heteroatoms. The van der Waals surface area contributed by atoms with Gasteiger partial charge in [-0.05, 0) is 18.2 Å². The van der Waals surface area contributed by atoms with Crippen LogP contribution >= 0.6 is 0 Å². The van der Waals surface area contributed by atoms with Gasteiger partial charge in [0, 0.05) is 20.9 Å². The van der Waals surface area contributed by atoms with Gasteiger partial charge in [-0.3, -0.25) is 4.79 Å². The van der Waals surface area contributed by atoms with E-state index in [4.69, 9.17) is 4.74 Å². The van der Waals surface area contributed by atoms with Crippen LogP contribution in [0.5, 0.6) is 0 Å². The van der Waals surface area contributed by atoms with E-state index < -0.39 is 8.07 Å². The molecule has 1 heterocycles. The van der Waals surface area contributed by atoms with Gasteiger partial charge in [0.2, 0.25) is 0 Å². The number of hydrogen-bond donors (Lipinski definition) is 0. The Bertz CT molecular complexity index is 380. The maximum absolute atomic E-state index is 10.1. The van der Waals surface area contributed by atoms with Crippen molar-refractivity contribution in [1.29, 1.82) is 0 Å². The first-order valence-electron chi connectivity index (χ1n) is 5.73. The summed E-state index contributed by atoms with van der Waals surface area (Å²) in [5.41, 5.74) is 0.769. The predicted octanol–water partition coefficient (Wildman–Crippen LogP) is 2.41. The molecule has 0 unspecified atom stereocenters. The number of aldehydes is 1. The summed E-state index contributed by atoms with van der Waals surface area (Å²) in [6.45, 7) is 8.31. The molecule has 0 saturated carbocycles. The lowest BCUT2D eigenvalue weighted by molar-refractivity contribution is -0.104. The number of imidazole rings is 1. The van der Waals surface area contributed by atoms with Crippen LogP contribution in [0.1, 0.15) is 5.69 Å². The zero-order valence-electron chi connectivity index (χ0n) is 10.7. The summed E-state index contributed by atoms with van der Waals surface area (Å²) >= 11 is 0. The van der Waals surface area contributed by atoms with E-state index in [1.807, 2.05) is 10.8 Å². The third kappa shape index (κ3) is 6.18. The molecule has 0 aliphatic rings. The fraction of sp³-hybridized carbons (Fsp3) is 0.500. The molecule has 4 nitrogen and oxygen atoms in total. The molecule has 0 spiro atoms. The maximum Gasteiger partial charge on any atom is 0.142 e. The first kappa shape index (κ1) is 13.9. The molecule has 0 atom stereocenters. The number of aromatic nitrogens is 2. The number of carbonyl (C=O) groups excluding carboxylic acids is 1. The van der Waals surface area contributed by atoms with E-state index >= 15 is 0 Å². The number of carbonyl (C=O) groups is 1. The van der Waals surface area contributed by atoms with Gasteiger partial charge in [-0.25, -0.2) is 4.98 Å². The Hall–Kier alpha value is -1.20. The van der Waals surface area contributed by atoms with E-state index in [1.54, 1.807) is 12.4 Å². The van der Waals surface area contributed by atoms with E-state index in [1.165, 1.54) is 12.1 Å². The highest BCUT2D eigenvalue weighted by Gasteiger charge is 2.11. The van der Waals surface area contributed by atoms with Crippen molar-refractivity contribution in [2.45, 2.75) is 32.4 Å². The van der Waals surface area contributed by atoms with E-state index in [0.29, 0.717) is 6.73 Å². The number of allylic oxidation sites excluding steroid dienone is 1. The summed E-state index contributed by atoms with van der Waals surface area (Å²) < 4.78 is 7.45. The standard InChI is InChI=1S/C12H20N2O2Si/c1-17(2,3)8-7-16-11-14-9-12(13-10-14)5-4-6-15/h4-6,9-10H,7-8,11H2,1-3H3. The summed E-state index contributed by atoms with van der Waals surface area (Å²) in [5.74, 6) is 0. The zero-order valence-corrected chi connectivity index (χ0v) is 11.7. The second-order valence-corrected chi connectivity index (χ2v) is 10.8. The quantitative estimate of drug-likeness (QED) is 0.324. The molecular weight excluding hydrogens is 232 g/mol. The van der Waals surface area contributed by atoms with Crippen LogP contribution in [0.25, 0.3) is 6.08 Å². The molecule has 0 fully saturated rings. The summed E-state index contributed by atoms with van der Waals surface area (Å²) in [7, 11) is -1.01. The van der Waals surface area contributed by atoms with Crippen molar-refractivity contribution in [3.8, 4) is 0 Å².